The average Bonchev–Trinajstić information content (AvgIpc) is 3.36. The molecule has 4 rings (SSSR count). The van der Waals surface area contributed by atoms with Gasteiger partial charge in [0.25, 0.3) is 11.5 Å². The van der Waals surface area contributed by atoms with Crippen molar-refractivity contribution in [2.24, 2.45) is 0 Å². The van der Waals surface area contributed by atoms with E-state index in [4.69, 9.17) is 14.2 Å². The first-order valence-electron chi connectivity index (χ1n) is 10.6. The van der Waals surface area contributed by atoms with Crippen molar-refractivity contribution in [3.63, 3.8) is 0 Å². The number of nitrogens with one attached hydrogen (secondary N) is 1. The molecule has 0 spiro atoms. The minimum Gasteiger partial charge on any atom is -0.493 e. The Hall–Kier alpha value is -3.72. The summed E-state index contributed by atoms with van der Waals surface area (Å²) in [5.74, 6) is 0.279. The van der Waals surface area contributed by atoms with E-state index in [1.54, 1.807) is 19.2 Å². The van der Waals surface area contributed by atoms with E-state index < -0.39 is 17.3 Å². The van der Waals surface area contributed by atoms with Crippen molar-refractivity contribution in [1.29, 1.82) is 0 Å². The van der Waals surface area contributed by atoms with Crippen LogP contribution >= 0.6 is 0 Å². The van der Waals surface area contributed by atoms with Crippen LogP contribution in [0.15, 0.2) is 59.4 Å². The molecule has 1 N–H and O–H groups in total. The maximum absolute atomic E-state index is 13.2. The monoisotopic (exact) mass is 453 g/mol. The van der Waals surface area contributed by atoms with Gasteiger partial charge >= 0.3 is 0 Å². The second kappa shape index (κ2) is 10.3. The van der Waals surface area contributed by atoms with Crippen LogP contribution in [0, 0.1) is 5.82 Å². The van der Waals surface area contributed by atoms with Gasteiger partial charge in [-0.2, -0.15) is 9.78 Å². The Bertz CT molecular complexity index is 1170. The van der Waals surface area contributed by atoms with Crippen molar-refractivity contribution in [2.45, 2.75) is 25.5 Å². The van der Waals surface area contributed by atoms with Gasteiger partial charge in [-0.1, -0.05) is 6.07 Å². The lowest BCUT2D eigenvalue weighted by Crippen LogP contribution is -2.28. The van der Waals surface area contributed by atoms with Crippen molar-refractivity contribution >= 4 is 5.91 Å². The SMILES string of the molecule is COc1cc(CNC(=O)c2ccc(=O)n(-c3ccc(F)cc3)n2)ccc1OC[C@@H]1CCCO1. The first kappa shape index (κ1) is 22.5. The van der Waals surface area contributed by atoms with Gasteiger partial charge in [0.05, 0.1) is 18.9 Å². The first-order valence-corrected chi connectivity index (χ1v) is 10.6. The van der Waals surface area contributed by atoms with Gasteiger partial charge in [0.1, 0.15) is 18.1 Å². The number of methoxy groups -OCH3 is 1. The first-order chi connectivity index (χ1) is 16.0. The summed E-state index contributed by atoms with van der Waals surface area (Å²) in [6, 6.07) is 13.3. The Kier molecular flexibility index (Phi) is 6.99. The Morgan fingerprint density at radius 1 is 1.18 bits per heavy atom. The quantitative estimate of drug-likeness (QED) is 0.564. The van der Waals surface area contributed by atoms with Gasteiger partial charge in [-0.15, -0.1) is 0 Å². The Labute approximate surface area is 189 Å². The number of halogens is 1. The standard InChI is InChI=1S/C24H24FN3O5/c1-31-22-13-16(4-10-21(22)33-15-19-3-2-12-32-19)14-26-24(30)20-9-11-23(29)28(27-20)18-7-5-17(25)6-8-18/h4-11,13,19H,2-3,12,14-15H2,1H3,(H,26,30)/t19-/m0/s1. The van der Waals surface area contributed by atoms with E-state index in [9.17, 15) is 14.0 Å². The predicted molar refractivity (Wildman–Crippen MR) is 118 cm³/mol. The highest BCUT2D eigenvalue weighted by Gasteiger charge is 2.17. The molecule has 1 amide bonds. The number of nitrogens with zero attached hydrogens (tertiary/aromatic N) is 2. The topological polar surface area (TPSA) is 91.7 Å². The summed E-state index contributed by atoms with van der Waals surface area (Å²) in [7, 11) is 1.55. The van der Waals surface area contributed by atoms with Crippen LogP contribution < -0.4 is 20.3 Å². The lowest BCUT2D eigenvalue weighted by molar-refractivity contribution is 0.0669. The van der Waals surface area contributed by atoms with E-state index in [-0.39, 0.29) is 18.3 Å². The molecule has 1 atom stereocenters. The molecule has 3 aromatic rings. The predicted octanol–water partition coefficient (Wildman–Crippen LogP) is 2.87. The number of amides is 1. The summed E-state index contributed by atoms with van der Waals surface area (Å²) in [5.41, 5.74) is 0.791. The lowest BCUT2D eigenvalue weighted by atomic mass is 10.2. The normalized spacial score (nSPS) is 15.3. The van der Waals surface area contributed by atoms with E-state index in [2.05, 4.69) is 10.4 Å². The molecule has 1 aliphatic heterocycles. The number of aromatic nitrogens is 2. The molecule has 33 heavy (non-hydrogen) atoms. The summed E-state index contributed by atoms with van der Waals surface area (Å²) >= 11 is 0. The molecule has 2 aromatic carbocycles. The van der Waals surface area contributed by atoms with Crippen LogP contribution in [0.5, 0.6) is 11.5 Å². The van der Waals surface area contributed by atoms with Crippen molar-refractivity contribution < 1.29 is 23.4 Å². The molecule has 1 aliphatic rings. The Balaban J connectivity index is 1.41. The summed E-state index contributed by atoms with van der Waals surface area (Å²) in [6.07, 6.45) is 2.12. The Morgan fingerprint density at radius 3 is 2.73 bits per heavy atom. The summed E-state index contributed by atoms with van der Waals surface area (Å²) in [4.78, 5) is 24.8. The molecule has 1 aromatic heterocycles. The van der Waals surface area contributed by atoms with Crippen molar-refractivity contribution in [3.8, 4) is 17.2 Å². The molecule has 0 bridgehead atoms. The highest BCUT2D eigenvalue weighted by atomic mass is 19.1. The number of carbonyl (C=O) groups is 1. The van der Waals surface area contributed by atoms with Gasteiger partial charge in [-0.3, -0.25) is 9.59 Å². The third-order valence-electron chi connectivity index (χ3n) is 5.23. The van der Waals surface area contributed by atoms with Gasteiger partial charge in [0.15, 0.2) is 11.5 Å². The van der Waals surface area contributed by atoms with Crippen LogP contribution in [-0.4, -0.2) is 42.1 Å². The number of carbonyl (C=O) groups excluding carboxylic acids is 1. The van der Waals surface area contributed by atoms with E-state index in [1.807, 2.05) is 6.07 Å². The number of hydrogen-bond donors (Lipinski definition) is 1. The molecular weight excluding hydrogens is 429 g/mol. The largest absolute Gasteiger partial charge is 0.493 e. The van der Waals surface area contributed by atoms with Crippen molar-refractivity contribution in [1.82, 2.24) is 15.1 Å². The molecule has 2 heterocycles. The number of benzene rings is 2. The minimum atomic E-state index is -0.455. The van der Waals surface area contributed by atoms with E-state index in [0.717, 1.165) is 29.7 Å². The maximum atomic E-state index is 13.2. The third kappa shape index (κ3) is 5.56. The van der Waals surface area contributed by atoms with Gasteiger partial charge in [-0.25, -0.2) is 4.39 Å². The number of hydrogen-bond acceptors (Lipinski definition) is 6. The summed E-state index contributed by atoms with van der Waals surface area (Å²) in [5, 5.41) is 6.88. The smallest absolute Gasteiger partial charge is 0.272 e. The summed E-state index contributed by atoms with van der Waals surface area (Å²) in [6.45, 7) is 1.44. The fraction of sp³-hybridized carbons (Fsp3) is 0.292. The van der Waals surface area contributed by atoms with Gasteiger partial charge in [-0.05, 0) is 60.9 Å². The molecule has 172 valence electrons. The fourth-order valence-corrected chi connectivity index (χ4v) is 3.47. The van der Waals surface area contributed by atoms with Crippen LogP contribution in [0.3, 0.4) is 0 Å². The second-order valence-corrected chi connectivity index (χ2v) is 7.56. The molecule has 8 nitrogen and oxygen atoms in total. The second-order valence-electron chi connectivity index (χ2n) is 7.56. The van der Waals surface area contributed by atoms with Crippen LogP contribution in [0.4, 0.5) is 4.39 Å². The molecule has 1 fully saturated rings. The molecule has 0 aliphatic carbocycles. The van der Waals surface area contributed by atoms with Crippen molar-refractivity contribution in [3.05, 3.63) is 82.0 Å². The molecule has 0 radical (unpaired) electrons. The maximum Gasteiger partial charge on any atom is 0.272 e. The molecule has 0 saturated carbocycles. The molecular formula is C24H24FN3O5. The lowest BCUT2D eigenvalue weighted by Gasteiger charge is -2.15. The van der Waals surface area contributed by atoms with Crippen LogP contribution in [0.25, 0.3) is 5.69 Å². The van der Waals surface area contributed by atoms with E-state index >= 15 is 0 Å². The zero-order chi connectivity index (χ0) is 23.2. The van der Waals surface area contributed by atoms with Crippen LogP contribution in [0.1, 0.15) is 28.9 Å². The zero-order valence-electron chi connectivity index (χ0n) is 18.1. The van der Waals surface area contributed by atoms with Gasteiger partial charge in [0.2, 0.25) is 0 Å². The minimum absolute atomic E-state index is 0.0578. The molecule has 9 heteroatoms. The zero-order valence-corrected chi connectivity index (χ0v) is 18.1. The Morgan fingerprint density at radius 2 is 2.00 bits per heavy atom. The number of rotatable bonds is 8. The van der Waals surface area contributed by atoms with Gasteiger partial charge < -0.3 is 19.5 Å². The van der Waals surface area contributed by atoms with E-state index in [0.29, 0.717) is 23.8 Å². The number of ether oxygens (including phenoxy) is 3. The van der Waals surface area contributed by atoms with Gasteiger partial charge in [0, 0.05) is 19.2 Å². The van der Waals surface area contributed by atoms with Crippen LogP contribution in [0.2, 0.25) is 0 Å². The molecule has 1 saturated heterocycles. The molecule has 0 unspecified atom stereocenters. The fourth-order valence-electron chi connectivity index (χ4n) is 3.47. The van der Waals surface area contributed by atoms with Crippen LogP contribution in [-0.2, 0) is 11.3 Å². The third-order valence-corrected chi connectivity index (χ3v) is 5.23. The highest BCUT2D eigenvalue weighted by molar-refractivity contribution is 5.92. The average molecular weight is 453 g/mol. The van der Waals surface area contributed by atoms with E-state index in [1.165, 1.54) is 36.4 Å². The van der Waals surface area contributed by atoms with Crippen molar-refractivity contribution in [2.75, 3.05) is 20.3 Å². The summed E-state index contributed by atoms with van der Waals surface area (Å²) < 4.78 is 31.1. The highest BCUT2D eigenvalue weighted by Crippen LogP contribution is 2.29.